The molecule has 1 saturated carbocycles. The quantitative estimate of drug-likeness (QED) is 0.752. The van der Waals surface area contributed by atoms with E-state index < -0.39 is 0 Å². The van der Waals surface area contributed by atoms with Crippen molar-refractivity contribution in [3.05, 3.63) is 0 Å². The highest BCUT2D eigenvalue weighted by atomic mass is 16.2. The molecular weight excluding hydrogens is 188 g/mol. The fourth-order valence-electron chi connectivity index (χ4n) is 2.24. The first-order valence-electron chi connectivity index (χ1n) is 5.93. The monoisotopic (exact) mass is 212 g/mol. The Labute approximate surface area is 93.0 Å². The maximum Gasteiger partial charge on any atom is 0.222 e. The molecule has 2 N–H and O–H groups in total. The number of rotatable bonds is 5. The molecule has 0 aromatic carbocycles. The maximum atomic E-state index is 11.9. The average molecular weight is 212 g/mol. The van der Waals surface area contributed by atoms with E-state index in [4.69, 9.17) is 5.73 Å². The topological polar surface area (TPSA) is 46.3 Å². The minimum absolute atomic E-state index is 0.141. The molecule has 1 aliphatic rings. The Kier molecular flexibility index (Phi) is 4.14. The van der Waals surface area contributed by atoms with Gasteiger partial charge in [-0.25, -0.2) is 0 Å². The van der Waals surface area contributed by atoms with E-state index in [0.717, 1.165) is 19.4 Å². The predicted molar refractivity (Wildman–Crippen MR) is 62.4 cm³/mol. The Morgan fingerprint density at radius 2 is 2.07 bits per heavy atom. The van der Waals surface area contributed by atoms with Crippen LogP contribution in [0.2, 0.25) is 0 Å². The van der Waals surface area contributed by atoms with Gasteiger partial charge in [-0.15, -0.1) is 0 Å². The van der Waals surface area contributed by atoms with Gasteiger partial charge < -0.3 is 10.6 Å². The summed E-state index contributed by atoms with van der Waals surface area (Å²) in [5, 5.41) is 0. The Bertz CT molecular complexity index is 216. The standard InChI is InChI=1S/C12H24N2O/c1-10(2)8-14(3)11(15)7-12(9-13)5-4-6-12/h10H,4-9,13H2,1-3H3. The molecule has 3 heteroatoms. The molecule has 0 aromatic heterocycles. The van der Waals surface area contributed by atoms with E-state index in [1.807, 2.05) is 11.9 Å². The van der Waals surface area contributed by atoms with Gasteiger partial charge in [-0.2, -0.15) is 0 Å². The molecule has 15 heavy (non-hydrogen) atoms. The van der Waals surface area contributed by atoms with Gasteiger partial charge in [-0.3, -0.25) is 4.79 Å². The molecule has 1 fully saturated rings. The van der Waals surface area contributed by atoms with E-state index in [0.29, 0.717) is 18.9 Å². The fraction of sp³-hybridized carbons (Fsp3) is 0.917. The summed E-state index contributed by atoms with van der Waals surface area (Å²) < 4.78 is 0. The number of nitrogens with zero attached hydrogens (tertiary/aromatic N) is 1. The van der Waals surface area contributed by atoms with Crippen LogP contribution in [0.4, 0.5) is 0 Å². The Hall–Kier alpha value is -0.570. The highest BCUT2D eigenvalue weighted by Crippen LogP contribution is 2.43. The summed E-state index contributed by atoms with van der Waals surface area (Å²) in [5.74, 6) is 0.794. The lowest BCUT2D eigenvalue weighted by molar-refractivity contribution is -0.134. The van der Waals surface area contributed by atoms with Crippen LogP contribution in [0.5, 0.6) is 0 Å². The van der Waals surface area contributed by atoms with Crippen molar-refractivity contribution in [1.82, 2.24) is 4.90 Å². The molecule has 0 aromatic rings. The first-order chi connectivity index (χ1) is 6.99. The number of hydrogen-bond donors (Lipinski definition) is 1. The summed E-state index contributed by atoms with van der Waals surface area (Å²) in [6, 6.07) is 0. The number of hydrogen-bond acceptors (Lipinski definition) is 2. The molecule has 3 nitrogen and oxygen atoms in total. The zero-order valence-corrected chi connectivity index (χ0v) is 10.3. The predicted octanol–water partition coefficient (Wildman–Crippen LogP) is 1.62. The van der Waals surface area contributed by atoms with Crippen LogP contribution >= 0.6 is 0 Å². The van der Waals surface area contributed by atoms with Crippen LogP contribution in [-0.4, -0.2) is 30.9 Å². The second kappa shape index (κ2) is 4.97. The lowest BCUT2D eigenvalue weighted by Gasteiger charge is -2.41. The largest absolute Gasteiger partial charge is 0.345 e. The molecular formula is C12H24N2O. The van der Waals surface area contributed by atoms with Crippen molar-refractivity contribution in [2.24, 2.45) is 17.1 Å². The molecule has 1 amide bonds. The summed E-state index contributed by atoms with van der Waals surface area (Å²) >= 11 is 0. The summed E-state index contributed by atoms with van der Waals surface area (Å²) in [7, 11) is 1.89. The zero-order chi connectivity index (χ0) is 11.5. The van der Waals surface area contributed by atoms with Gasteiger partial charge in [-0.05, 0) is 30.7 Å². The molecule has 0 bridgehead atoms. The molecule has 0 aliphatic heterocycles. The molecule has 0 unspecified atom stereocenters. The van der Waals surface area contributed by atoms with Gasteiger partial charge in [0.05, 0.1) is 0 Å². The van der Waals surface area contributed by atoms with Crippen LogP contribution in [0.3, 0.4) is 0 Å². The van der Waals surface area contributed by atoms with Gasteiger partial charge in [-0.1, -0.05) is 20.3 Å². The number of carbonyl (C=O) groups excluding carboxylic acids is 1. The van der Waals surface area contributed by atoms with Crippen LogP contribution in [-0.2, 0) is 4.79 Å². The van der Waals surface area contributed by atoms with Crippen molar-refractivity contribution in [3.63, 3.8) is 0 Å². The molecule has 1 aliphatic carbocycles. The Balaban J connectivity index is 2.40. The van der Waals surface area contributed by atoms with Gasteiger partial charge >= 0.3 is 0 Å². The van der Waals surface area contributed by atoms with Gasteiger partial charge in [0.15, 0.2) is 0 Å². The van der Waals surface area contributed by atoms with Crippen molar-refractivity contribution >= 4 is 5.91 Å². The van der Waals surface area contributed by atoms with Gasteiger partial charge in [0.2, 0.25) is 5.91 Å². The smallest absolute Gasteiger partial charge is 0.222 e. The fourth-order valence-corrected chi connectivity index (χ4v) is 2.24. The van der Waals surface area contributed by atoms with E-state index in [-0.39, 0.29) is 11.3 Å². The van der Waals surface area contributed by atoms with Crippen LogP contribution in [0.25, 0.3) is 0 Å². The van der Waals surface area contributed by atoms with Crippen molar-refractivity contribution in [1.29, 1.82) is 0 Å². The number of nitrogens with two attached hydrogens (primary N) is 1. The minimum Gasteiger partial charge on any atom is -0.345 e. The second-order valence-corrected chi connectivity index (χ2v) is 5.40. The molecule has 88 valence electrons. The first-order valence-corrected chi connectivity index (χ1v) is 5.93. The average Bonchev–Trinajstić information content (AvgIpc) is 2.09. The van der Waals surface area contributed by atoms with E-state index in [9.17, 15) is 4.79 Å². The van der Waals surface area contributed by atoms with Crippen molar-refractivity contribution in [2.75, 3.05) is 20.1 Å². The second-order valence-electron chi connectivity index (χ2n) is 5.40. The number of carbonyl (C=O) groups is 1. The van der Waals surface area contributed by atoms with Gasteiger partial charge in [0.25, 0.3) is 0 Å². The molecule has 0 saturated heterocycles. The third-order valence-electron chi connectivity index (χ3n) is 3.44. The highest BCUT2D eigenvalue weighted by Gasteiger charge is 2.38. The minimum atomic E-state index is 0.141. The summed E-state index contributed by atoms with van der Waals surface area (Å²) in [5.41, 5.74) is 5.89. The molecule has 0 spiro atoms. The SMILES string of the molecule is CC(C)CN(C)C(=O)CC1(CN)CCC1. The molecule has 0 heterocycles. The first kappa shape index (κ1) is 12.5. The van der Waals surface area contributed by atoms with Crippen LogP contribution < -0.4 is 5.73 Å². The summed E-state index contributed by atoms with van der Waals surface area (Å²) in [6.45, 7) is 5.77. The summed E-state index contributed by atoms with van der Waals surface area (Å²) in [4.78, 5) is 13.8. The van der Waals surface area contributed by atoms with Gasteiger partial charge in [0.1, 0.15) is 0 Å². The lowest BCUT2D eigenvalue weighted by atomic mass is 9.66. The van der Waals surface area contributed by atoms with Crippen LogP contribution in [0.15, 0.2) is 0 Å². The lowest BCUT2D eigenvalue weighted by Crippen LogP contribution is -2.43. The van der Waals surface area contributed by atoms with Gasteiger partial charge in [0, 0.05) is 20.0 Å². The molecule has 0 radical (unpaired) electrons. The van der Waals surface area contributed by atoms with E-state index in [2.05, 4.69) is 13.8 Å². The van der Waals surface area contributed by atoms with E-state index in [1.165, 1.54) is 6.42 Å². The third kappa shape index (κ3) is 3.20. The highest BCUT2D eigenvalue weighted by molar-refractivity contribution is 5.76. The number of amides is 1. The normalized spacial score (nSPS) is 18.7. The Morgan fingerprint density at radius 3 is 2.40 bits per heavy atom. The molecule has 1 rings (SSSR count). The maximum absolute atomic E-state index is 11.9. The van der Waals surface area contributed by atoms with Crippen molar-refractivity contribution in [3.8, 4) is 0 Å². The Morgan fingerprint density at radius 1 is 1.47 bits per heavy atom. The van der Waals surface area contributed by atoms with Crippen molar-refractivity contribution < 1.29 is 4.79 Å². The van der Waals surface area contributed by atoms with Crippen LogP contribution in [0.1, 0.15) is 39.5 Å². The molecule has 0 atom stereocenters. The zero-order valence-electron chi connectivity index (χ0n) is 10.3. The summed E-state index contributed by atoms with van der Waals surface area (Å²) in [6.07, 6.45) is 4.14. The van der Waals surface area contributed by atoms with E-state index in [1.54, 1.807) is 0 Å². The van der Waals surface area contributed by atoms with Crippen LogP contribution in [0, 0.1) is 11.3 Å². The third-order valence-corrected chi connectivity index (χ3v) is 3.44. The van der Waals surface area contributed by atoms with E-state index >= 15 is 0 Å². The van der Waals surface area contributed by atoms with Crippen molar-refractivity contribution in [2.45, 2.75) is 39.5 Å².